The summed E-state index contributed by atoms with van der Waals surface area (Å²) in [6, 6.07) is 8.62. The van der Waals surface area contributed by atoms with Gasteiger partial charge < -0.3 is 10.2 Å². The summed E-state index contributed by atoms with van der Waals surface area (Å²) < 4.78 is 0. The molecule has 1 aliphatic carbocycles. The quantitative estimate of drug-likeness (QED) is 0.827. The zero-order valence-electron chi connectivity index (χ0n) is 14.7. The molecule has 1 aliphatic heterocycles. The monoisotopic (exact) mass is 323 g/mol. The number of nitrogens with one attached hydrogen (secondary N) is 1. The van der Waals surface area contributed by atoms with E-state index in [9.17, 15) is 0 Å². The number of fused-ring (bicyclic) bond motifs is 2. The minimum Gasteiger partial charge on any atom is -0.384 e. The SMILES string of the molecule is c1ccc2c(NCCCN3CCCCC3)c3c(nc2c1)CCCC3. The zero-order valence-corrected chi connectivity index (χ0v) is 14.7. The van der Waals surface area contributed by atoms with Gasteiger partial charge in [-0.25, -0.2) is 0 Å². The second kappa shape index (κ2) is 7.52. The Kier molecular flexibility index (Phi) is 4.98. The fraction of sp³-hybridized carbons (Fsp3) is 0.571. The lowest BCUT2D eigenvalue weighted by Gasteiger charge is -2.26. The number of pyridine rings is 1. The van der Waals surface area contributed by atoms with Gasteiger partial charge in [-0.15, -0.1) is 0 Å². The van der Waals surface area contributed by atoms with Crippen LogP contribution in [-0.2, 0) is 12.8 Å². The Morgan fingerprint density at radius 2 is 1.79 bits per heavy atom. The molecular formula is C21H29N3. The Morgan fingerprint density at radius 3 is 2.71 bits per heavy atom. The standard InChI is InChI=1S/C21H29N3/c1-6-14-24(15-7-1)16-8-13-22-21-17-9-2-4-11-19(17)23-20-12-5-3-10-18(20)21/h2,4,9,11H,1,3,5-8,10,12-16H2,(H,22,23). The van der Waals surface area contributed by atoms with Gasteiger partial charge in [-0.05, 0) is 76.2 Å². The van der Waals surface area contributed by atoms with Crippen molar-refractivity contribution in [2.45, 2.75) is 51.4 Å². The zero-order chi connectivity index (χ0) is 16.2. The van der Waals surface area contributed by atoms with Crippen LogP contribution in [0, 0.1) is 0 Å². The summed E-state index contributed by atoms with van der Waals surface area (Å²) in [7, 11) is 0. The fourth-order valence-corrected chi connectivity index (χ4v) is 4.27. The summed E-state index contributed by atoms with van der Waals surface area (Å²) in [5.74, 6) is 0. The molecule has 0 unspecified atom stereocenters. The predicted octanol–water partition coefficient (Wildman–Crippen LogP) is 4.40. The third kappa shape index (κ3) is 3.41. The molecule has 0 bridgehead atoms. The van der Waals surface area contributed by atoms with E-state index >= 15 is 0 Å². The van der Waals surface area contributed by atoms with Crippen LogP contribution in [0.1, 0.15) is 49.8 Å². The average molecular weight is 323 g/mol. The van der Waals surface area contributed by atoms with Crippen LogP contribution >= 0.6 is 0 Å². The van der Waals surface area contributed by atoms with E-state index in [4.69, 9.17) is 4.98 Å². The number of aryl methyl sites for hydroxylation is 1. The fourth-order valence-electron chi connectivity index (χ4n) is 4.27. The largest absolute Gasteiger partial charge is 0.384 e. The molecule has 2 aliphatic rings. The molecule has 3 heteroatoms. The van der Waals surface area contributed by atoms with Crippen molar-refractivity contribution in [2.24, 2.45) is 0 Å². The van der Waals surface area contributed by atoms with Crippen LogP contribution in [-0.4, -0.2) is 36.1 Å². The first-order chi connectivity index (χ1) is 11.9. The molecule has 0 saturated carbocycles. The van der Waals surface area contributed by atoms with Gasteiger partial charge in [0.05, 0.1) is 5.52 Å². The van der Waals surface area contributed by atoms with Crippen LogP contribution in [0.25, 0.3) is 10.9 Å². The second-order valence-electron chi connectivity index (χ2n) is 7.32. The number of nitrogens with zero attached hydrogens (tertiary/aromatic N) is 2. The van der Waals surface area contributed by atoms with Gasteiger partial charge in [0.1, 0.15) is 0 Å². The van der Waals surface area contributed by atoms with Crippen molar-refractivity contribution in [3.8, 4) is 0 Å². The summed E-state index contributed by atoms with van der Waals surface area (Å²) >= 11 is 0. The number of piperidine rings is 1. The first-order valence-corrected chi connectivity index (χ1v) is 9.78. The van der Waals surface area contributed by atoms with Crippen LogP contribution in [0.4, 0.5) is 5.69 Å². The van der Waals surface area contributed by atoms with Crippen molar-refractivity contribution < 1.29 is 0 Å². The molecular weight excluding hydrogens is 294 g/mol. The maximum absolute atomic E-state index is 4.93. The first-order valence-electron chi connectivity index (χ1n) is 9.78. The van der Waals surface area contributed by atoms with Gasteiger partial charge in [-0.3, -0.25) is 4.98 Å². The molecule has 2 heterocycles. The first kappa shape index (κ1) is 15.9. The third-order valence-corrected chi connectivity index (χ3v) is 5.57. The van der Waals surface area contributed by atoms with E-state index in [1.54, 1.807) is 0 Å². The van der Waals surface area contributed by atoms with Crippen LogP contribution in [0.15, 0.2) is 24.3 Å². The van der Waals surface area contributed by atoms with Gasteiger partial charge in [-0.2, -0.15) is 0 Å². The van der Waals surface area contributed by atoms with Crippen molar-refractivity contribution >= 4 is 16.6 Å². The van der Waals surface area contributed by atoms with E-state index < -0.39 is 0 Å². The Balaban J connectivity index is 1.48. The van der Waals surface area contributed by atoms with Crippen LogP contribution in [0.5, 0.6) is 0 Å². The maximum Gasteiger partial charge on any atom is 0.0726 e. The molecule has 0 radical (unpaired) electrons. The number of likely N-dealkylation sites (tertiary alicyclic amines) is 1. The van der Waals surface area contributed by atoms with Crippen LogP contribution in [0.2, 0.25) is 0 Å². The Labute approximate surface area is 145 Å². The van der Waals surface area contributed by atoms with Crippen LogP contribution in [0.3, 0.4) is 0 Å². The number of para-hydroxylation sites is 1. The third-order valence-electron chi connectivity index (χ3n) is 5.57. The number of rotatable bonds is 5. The molecule has 1 aromatic carbocycles. The van der Waals surface area contributed by atoms with Crippen molar-refractivity contribution in [1.29, 1.82) is 0 Å². The molecule has 4 rings (SSSR count). The smallest absolute Gasteiger partial charge is 0.0726 e. The Bertz CT molecular complexity index is 689. The normalized spacial score (nSPS) is 18.5. The summed E-state index contributed by atoms with van der Waals surface area (Å²) in [4.78, 5) is 7.56. The lowest BCUT2D eigenvalue weighted by atomic mass is 9.92. The highest BCUT2D eigenvalue weighted by molar-refractivity contribution is 5.93. The molecule has 0 amide bonds. The van der Waals surface area contributed by atoms with Gasteiger partial charge >= 0.3 is 0 Å². The molecule has 1 fully saturated rings. The van der Waals surface area contributed by atoms with Gasteiger partial charge in [-0.1, -0.05) is 24.6 Å². The van der Waals surface area contributed by atoms with Crippen molar-refractivity contribution in [3.63, 3.8) is 0 Å². The minimum atomic E-state index is 1.07. The molecule has 0 atom stereocenters. The van der Waals surface area contributed by atoms with Gasteiger partial charge in [0, 0.05) is 23.3 Å². The minimum absolute atomic E-state index is 1.07. The number of hydrogen-bond acceptors (Lipinski definition) is 3. The van der Waals surface area contributed by atoms with Crippen LogP contribution < -0.4 is 5.32 Å². The predicted molar refractivity (Wildman–Crippen MR) is 102 cm³/mol. The average Bonchev–Trinajstić information content (AvgIpc) is 2.65. The number of aromatic nitrogens is 1. The summed E-state index contributed by atoms with van der Waals surface area (Å²) in [5.41, 5.74) is 5.34. The molecule has 1 aromatic heterocycles. The van der Waals surface area contributed by atoms with Gasteiger partial charge in [0.15, 0.2) is 0 Å². The lowest BCUT2D eigenvalue weighted by Crippen LogP contribution is -2.31. The van der Waals surface area contributed by atoms with Crippen molar-refractivity contribution in [1.82, 2.24) is 9.88 Å². The van der Waals surface area contributed by atoms with E-state index in [0.717, 1.165) is 18.5 Å². The molecule has 24 heavy (non-hydrogen) atoms. The lowest BCUT2D eigenvalue weighted by molar-refractivity contribution is 0.228. The van der Waals surface area contributed by atoms with E-state index in [1.165, 1.54) is 86.9 Å². The molecule has 3 nitrogen and oxygen atoms in total. The maximum atomic E-state index is 4.93. The van der Waals surface area contributed by atoms with Crippen molar-refractivity contribution in [3.05, 3.63) is 35.5 Å². The number of benzene rings is 1. The number of hydrogen-bond donors (Lipinski definition) is 1. The van der Waals surface area contributed by atoms with E-state index in [2.05, 4.69) is 34.5 Å². The summed E-state index contributed by atoms with van der Waals surface area (Å²) in [5, 5.41) is 5.09. The van der Waals surface area contributed by atoms with Gasteiger partial charge in [0.2, 0.25) is 0 Å². The summed E-state index contributed by atoms with van der Waals surface area (Å²) in [6.07, 6.45) is 10.3. The molecule has 128 valence electrons. The van der Waals surface area contributed by atoms with Gasteiger partial charge in [0.25, 0.3) is 0 Å². The number of anilines is 1. The highest BCUT2D eigenvalue weighted by Gasteiger charge is 2.18. The molecule has 2 aromatic rings. The molecule has 1 saturated heterocycles. The Hall–Kier alpha value is -1.61. The van der Waals surface area contributed by atoms with Crippen molar-refractivity contribution in [2.75, 3.05) is 31.5 Å². The molecule has 1 N–H and O–H groups in total. The highest BCUT2D eigenvalue weighted by Crippen LogP contribution is 2.33. The highest BCUT2D eigenvalue weighted by atomic mass is 15.1. The van der Waals surface area contributed by atoms with E-state index in [1.807, 2.05) is 0 Å². The molecule has 0 spiro atoms. The second-order valence-corrected chi connectivity index (χ2v) is 7.32. The topological polar surface area (TPSA) is 28.2 Å². The Morgan fingerprint density at radius 1 is 0.958 bits per heavy atom. The summed E-state index contributed by atoms with van der Waals surface area (Å²) in [6.45, 7) is 4.90. The van der Waals surface area contributed by atoms with E-state index in [-0.39, 0.29) is 0 Å². The van der Waals surface area contributed by atoms with E-state index in [0.29, 0.717) is 0 Å².